The standard InChI is InChI=1S/C8H7BrF3N.ClH/c9-4-2-1-3-5(10)6(4)7(13)8(11)12;/h1-3,7-8H,13H2;1H/t7-;/m1./s1. The van der Waals surface area contributed by atoms with E-state index in [1.54, 1.807) is 0 Å². The number of hydrogen-bond acceptors (Lipinski definition) is 1. The first kappa shape index (κ1) is 13.7. The molecule has 14 heavy (non-hydrogen) atoms. The molecule has 0 aliphatic carbocycles. The molecule has 0 saturated carbocycles. The predicted octanol–water partition coefficient (Wildman–Crippen LogP) is 3.27. The molecule has 0 bridgehead atoms. The fourth-order valence-corrected chi connectivity index (χ4v) is 1.56. The van der Waals surface area contributed by atoms with E-state index in [0.717, 1.165) is 6.07 Å². The average molecular weight is 291 g/mol. The fraction of sp³-hybridized carbons (Fsp3) is 0.250. The van der Waals surface area contributed by atoms with E-state index in [-0.39, 0.29) is 22.4 Å². The van der Waals surface area contributed by atoms with Gasteiger partial charge in [-0.05, 0) is 12.1 Å². The molecule has 1 rings (SSSR count). The van der Waals surface area contributed by atoms with Crippen molar-refractivity contribution in [2.24, 2.45) is 5.73 Å². The zero-order valence-corrected chi connectivity index (χ0v) is 9.29. The van der Waals surface area contributed by atoms with Crippen LogP contribution in [0.3, 0.4) is 0 Å². The molecule has 0 spiro atoms. The second-order valence-corrected chi connectivity index (χ2v) is 3.35. The summed E-state index contributed by atoms with van der Waals surface area (Å²) in [6.45, 7) is 0. The van der Waals surface area contributed by atoms with Crippen molar-refractivity contribution in [2.45, 2.75) is 12.5 Å². The van der Waals surface area contributed by atoms with E-state index in [1.807, 2.05) is 0 Å². The summed E-state index contributed by atoms with van der Waals surface area (Å²) in [4.78, 5) is 0. The Balaban J connectivity index is 0.00000169. The summed E-state index contributed by atoms with van der Waals surface area (Å²) in [5.41, 5.74) is 4.94. The van der Waals surface area contributed by atoms with Gasteiger partial charge >= 0.3 is 0 Å². The molecule has 0 fully saturated rings. The van der Waals surface area contributed by atoms with Crippen molar-refractivity contribution in [3.63, 3.8) is 0 Å². The van der Waals surface area contributed by atoms with Crippen LogP contribution in [0, 0.1) is 5.82 Å². The second-order valence-electron chi connectivity index (χ2n) is 2.50. The van der Waals surface area contributed by atoms with Gasteiger partial charge in [0.1, 0.15) is 5.82 Å². The smallest absolute Gasteiger partial charge is 0.257 e. The van der Waals surface area contributed by atoms with Crippen LogP contribution in [0.4, 0.5) is 13.2 Å². The highest BCUT2D eigenvalue weighted by Gasteiger charge is 2.22. The topological polar surface area (TPSA) is 26.0 Å². The van der Waals surface area contributed by atoms with Crippen LogP contribution < -0.4 is 5.73 Å². The molecule has 0 aromatic heterocycles. The number of alkyl halides is 2. The SMILES string of the molecule is Cl.N[C@H](c1c(F)cccc1Br)C(F)F. The number of nitrogens with two attached hydrogens (primary N) is 1. The number of halogens is 5. The van der Waals surface area contributed by atoms with E-state index < -0.39 is 18.3 Å². The largest absolute Gasteiger partial charge is 0.319 e. The molecule has 0 unspecified atom stereocenters. The number of rotatable bonds is 2. The monoisotopic (exact) mass is 289 g/mol. The molecule has 1 aromatic carbocycles. The molecule has 0 aliphatic heterocycles. The first-order chi connectivity index (χ1) is 6.04. The van der Waals surface area contributed by atoms with Crippen LogP contribution in [-0.2, 0) is 0 Å². The minimum Gasteiger partial charge on any atom is -0.319 e. The minimum atomic E-state index is -2.77. The maximum absolute atomic E-state index is 13.0. The normalized spacial score (nSPS) is 12.4. The van der Waals surface area contributed by atoms with Crippen molar-refractivity contribution in [1.29, 1.82) is 0 Å². The second kappa shape index (κ2) is 5.58. The van der Waals surface area contributed by atoms with Gasteiger partial charge in [-0.1, -0.05) is 22.0 Å². The molecule has 1 aromatic rings. The van der Waals surface area contributed by atoms with Crippen molar-refractivity contribution in [3.05, 3.63) is 34.1 Å². The van der Waals surface area contributed by atoms with E-state index in [9.17, 15) is 13.2 Å². The molecule has 0 aliphatic rings. The Kier molecular flexibility index (Phi) is 5.48. The van der Waals surface area contributed by atoms with E-state index in [4.69, 9.17) is 5.73 Å². The molecule has 0 saturated heterocycles. The van der Waals surface area contributed by atoms with Gasteiger partial charge in [0.2, 0.25) is 0 Å². The average Bonchev–Trinajstić information content (AvgIpc) is 2.03. The highest BCUT2D eigenvalue weighted by atomic mass is 79.9. The highest BCUT2D eigenvalue weighted by Crippen LogP contribution is 2.28. The maximum atomic E-state index is 13.0. The lowest BCUT2D eigenvalue weighted by molar-refractivity contribution is 0.114. The molecule has 1 atom stereocenters. The van der Waals surface area contributed by atoms with E-state index in [1.165, 1.54) is 12.1 Å². The Bertz CT molecular complexity index is 288. The summed E-state index contributed by atoms with van der Waals surface area (Å²) in [7, 11) is 0. The molecular formula is C8H8BrClF3N. The van der Waals surface area contributed by atoms with Crippen molar-refractivity contribution < 1.29 is 13.2 Å². The molecule has 80 valence electrons. The fourth-order valence-electron chi connectivity index (χ4n) is 0.955. The quantitative estimate of drug-likeness (QED) is 0.889. The predicted molar refractivity (Wildman–Crippen MR) is 54.3 cm³/mol. The van der Waals surface area contributed by atoms with Crippen molar-refractivity contribution in [1.82, 2.24) is 0 Å². The van der Waals surface area contributed by atoms with Crippen LogP contribution in [0.2, 0.25) is 0 Å². The van der Waals surface area contributed by atoms with Crippen molar-refractivity contribution >= 4 is 28.3 Å². The summed E-state index contributed by atoms with van der Waals surface area (Å²) in [6.07, 6.45) is -2.77. The van der Waals surface area contributed by atoms with Gasteiger partial charge in [0.25, 0.3) is 6.43 Å². The molecule has 0 radical (unpaired) electrons. The Morgan fingerprint density at radius 3 is 2.29 bits per heavy atom. The third-order valence-electron chi connectivity index (χ3n) is 1.60. The zero-order chi connectivity index (χ0) is 10.0. The lowest BCUT2D eigenvalue weighted by Crippen LogP contribution is -2.20. The summed E-state index contributed by atoms with van der Waals surface area (Å²) < 4.78 is 37.6. The van der Waals surface area contributed by atoms with Crippen LogP contribution in [0.5, 0.6) is 0 Å². The lowest BCUT2D eigenvalue weighted by Gasteiger charge is -2.13. The van der Waals surface area contributed by atoms with Crippen LogP contribution in [0.25, 0.3) is 0 Å². The van der Waals surface area contributed by atoms with Crippen molar-refractivity contribution in [3.8, 4) is 0 Å². The summed E-state index contributed by atoms with van der Waals surface area (Å²) >= 11 is 2.96. The molecule has 2 N–H and O–H groups in total. The van der Waals surface area contributed by atoms with Crippen molar-refractivity contribution in [2.75, 3.05) is 0 Å². The molecular weight excluding hydrogens is 282 g/mol. The van der Waals surface area contributed by atoms with Crippen LogP contribution in [0.15, 0.2) is 22.7 Å². The Morgan fingerprint density at radius 1 is 1.29 bits per heavy atom. The Morgan fingerprint density at radius 2 is 1.86 bits per heavy atom. The molecule has 0 heterocycles. The van der Waals surface area contributed by atoms with Gasteiger partial charge in [0.05, 0.1) is 6.04 Å². The molecule has 6 heteroatoms. The maximum Gasteiger partial charge on any atom is 0.257 e. The van der Waals surface area contributed by atoms with Gasteiger partial charge in [-0.3, -0.25) is 0 Å². The summed E-state index contributed by atoms with van der Waals surface area (Å²) in [5.74, 6) is -0.720. The third-order valence-corrected chi connectivity index (χ3v) is 2.30. The Labute approximate surface area is 94.0 Å². The van der Waals surface area contributed by atoms with Gasteiger partial charge < -0.3 is 5.73 Å². The summed E-state index contributed by atoms with van der Waals surface area (Å²) in [6, 6.07) is 2.40. The van der Waals surface area contributed by atoms with Crippen LogP contribution in [-0.4, -0.2) is 6.43 Å². The van der Waals surface area contributed by atoms with E-state index in [2.05, 4.69) is 15.9 Å². The highest BCUT2D eigenvalue weighted by molar-refractivity contribution is 9.10. The molecule has 1 nitrogen and oxygen atoms in total. The van der Waals surface area contributed by atoms with Gasteiger partial charge in [0.15, 0.2) is 0 Å². The van der Waals surface area contributed by atoms with Gasteiger partial charge in [-0.2, -0.15) is 0 Å². The number of benzene rings is 1. The Hall–Kier alpha value is -0.260. The van der Waals surface area contributed by atoms with E-state index in [0.29, 0.717) is 0 Å². The van der Waals surface area contributed by atoms with Gasteiger partial charge in [-0.15, -0.1) is 12.4 Å². The van der Waals surface area contributed by atoms with E-state index >= 15 is 0 Å². The van der Waals surface area contributed by atoms with Gasteiger partial charge in [0, 0.05) is 10.0 Å². The third kappa shape index (κ3) is 2.87. The van der Waals surface area contributed by atoms with Crippen LogP contribution >= 0.6 is 28.3 Å². The number of hydrogen-bond donors (Lipinski definition) is 1. The molecule has 0 amide bonds. The first-order valence-corrected chi connectivity index (χ1v) is 4.31. The summed E-state index contributed by atoms with van der Waals surface area (Å²) in [5, 5.41) is 0. The van der Waals surface area contributed by atoms with Crippen LogP contribution in [0.1, 0.15) is 11.6 Å². The first-order valence-electron chi connectivity index (χ1n) is 3.51. The van der Waals surface area contributed by atoms with Gasteiger partial charge in [-0.25, -0.2) is 13.2 Å². The zero-order valence-electron chi connectivity index (χ0n) is 6.88. The lowest BCUT2D eigenvalue weighted by atomic mass is 10.1. The minimum absolute atomic E-state index is 0.